The van der Waals surface area contributed by atoms with Gasteiger partial charge in [0.15, 0.2) is 6.61 Å². The van der Waals surface area contributed by atoms with Gasteiger partial charge in [0.25, 0.3) is 11.8 Å². The topological polar surface area (TPSA) is 101 Å². The molecule has 1 aromatic heterocycles. The van der Waals surface area contributed by atoms with Gasteiger partial charge < -0.3 is 14.5 Å². The first-order valence-electron chi connectivity index (χ1n) is 9.13. The summed E-state index contributed by atoms with van der Waals surface area (Å²) < 4.78 is 11.3. The molecule has 3 aromatic carbocycles. The number of benzene rings is 3. The number of amides is 1. The number of ether oxygens (including phenoxy) is 1. The summed E-state index contributed by atoms with van der Waals surface area (Å²) >= 11 is 0. The summed E-state index contributed by atoms with van der Waals surface area (Å²) in [5, 5.41) is 19.7. The summed E-state index contributed by atoms with van der Waals surface area (Å²) in [4.78, 5) is 12.4. The molecule has 30 heavy (non-hydrogen) atoms. The van der Waals surface area contributed by atoms with Crippen LogP contribution in [0.4, 0.5) is 5.69 Å². The number of nitrogens with zero attached hydrogens (tertiary/aromatic N) is 3. The third-order valence-corrected chi connectivity index (χ3v) is 4.22. The fourth-order valence-electron chi connectivity index (χ4n) is 2.72. The van der Waals surface area contributed by atoms with Crippen molar-refractivity contribution in [2.45, 2.75) is 6.61 Å². The van der Waals surface area contributed by atoms with Crippen molar-refractivity contribution in [3.63, 3.8) is 0 Å². The van der Waals surface area contributed by atoms with E-state index in [0.29, 0.717) is 34.3 Å². The van der Waals surface area contributed by atoms with E-state index in [9.17, 15) is 4.79 Å². The number of nitrogens with one attached hydrogen (secondary N) is 1. The van der Waals surface area contributed by atoms with E-state index >= 15 is 0 Å². The van der Waals surface area contributed by atoms with Crippen LogP contribution in [0.25, 0.3) is 11.5 Å². The SMILES string of the molecule is N#Cc1ccc(C(=O)Nc2cccc(OCc3nnc(-c4ccccc4)o3)c2)cc1. The van der Waals surface area contributed by atoms with Crippen LogP contribution >= 0.6 is 0 Å². The number of aromatic nitrogens is 2. The summed E-state index contributed by atoms with van der Waals surface area (Å²) in [6.45, 7) is 0.104. The highest BCUT2D eigenvalue weighted by Crippen LogP contribution is 2.21. The zero-order chi connectivity index (χ0) is 20.8. The molecule has 7 nitrogen and oxygen atoms in total. The van der Waals surface area contributed by atoms with E-state index in [2.05, 4.69) is 15.5 Å². The van der Waals surface area contributed by atoms with Crippen molar-refractivity contribution in [1.82, 2.24) is 10.2 Å². The summed E-state index contributed by atoms with van der Waals surface area (Å²) in [7, 11) is 0. The Morgan fingerprint density at radius 1 is 1.00 bits per heavy atom. The number of hydrogen-bond donors (Lipinski definition) is 1. The zero-order valence-electron chi connectivity index (χ0n) is 15.8. The van der Waals surface area contributed by atoms with Gasteiger partial charge in [-0.3, -0.25) is 4.79 Å². The quantitative estimate of drug-likeness (QED) is 0.517. The Hall–Kier alpha value is -4.44. The number of anilines is 1. The highest BCUT2D eigenvalue weighted by molar-refractivity contribution is 6.04. The average Bonchev–Trinajstić information content (AvgIpc) is 3.28. The Kier molecular flexibility index (Phi) is 5.49. The number of carbonyl (C=O) groups excluding carboxylic acids is 1. The maximum Gasteiger partial charge on any atom is 0.255 e. The van der Waals surface area contributed by atoms with Crippen molar-refractivity contribution in [2.75, 3.05) is 5.32 Å². The first kappa shape index (κ1) is 18.9. The normalized spacial score (nSPS) is 10.2. The molecule has 4 rings (SSSR count). The molecule has 0 radical (unpaired) electrons. The van der Waals surface area contributed by atoms with Crippen LogP contribution in [0.3, 0.4) is 0 Å². The molecular weight excluding hydrogens is 380 g/mol. The van der Waals surface area contributed by atoms with E-state index in [0.717, 1.165) is 5.56 Å². The maximum absolute atomic E-state index is 12.4. The van der Waals surface area contributed by atoms with Crippen molar-refractivity contribution < 1.29 is 13.9 Å². The Balaban J connectivity index is 1.38. The molecule has 0 spiro atoms. The molecule has 0 fully saturated rings. The first-order valence-corrected chi connectivity index (χ1v) is 9.13. The number of nitriles is 1. The lowest BCUT2D eigenvalue weighted by Gasteiger charge is -2.08. The molecule has 7 heteroatoms. The van der Waals surface area contributed by atoms with Gasteiger partial charge in [0.1, 0.15) is 5.75 Å². The van der Waals surface area contributed by atoms with Crippen LogP contribution in [0.1, 0.15) is 21.8 Å². The summed E-state index contributed by atoms with van der Waals surface area (Å²) in [6.07, 6.45) is 0. The lowest BCUT2D eigenvalue weighted by atomic mass is 10.1. The van der Waals surface area contributed by atoms with Gasteiger partial charge >= 0.3 is 0 Å². The van der Waals surface area contributed by atoms with E-state index in [1.54, 1.807) is 48.5 Å². The lowest BCUT2D eigenvalue weighted by Crippen LogP contribution is -2.11. The van der Waals surface area contributed by atoms with E-state index in [1.807, 2.05) is 36.4 Å². The van der Waals surface area contributed by atoms with Crippen molar-refractivity contribution in [3.8, 4) is 23.3 Å². The van der Waals surface area contributed by atoms with Crippen molar-refractivity contribution in [1.29, 1.82) is 5.26 Å². The van der Waals surface area contributed by atoms with Gasteiger partial charge in [-0.15, -0.1) is 10.2 Å². The molecule has 1 heterocycles. The highest BCUT2D eigenvalue weighted by atomic mass is 16.5. The molecule has 146 valence electrons. The van der Waals surface area contributed by atoms with Gasteiger partial charge in [-0.2, -0.15) is 5.26 Å². The van der Waals surface area contributed by atoms with Crippen LogP contribution < -0.4 is 10.1 Å². The fourth-order valence-corrected chi connectivity index (χ4v) is 2.72. The summed E-state index contributed by atoms with van der Waals surface area (Å²) in [6, 6.07) is 24.9. The van der Waals surface area contributed by atoms with Crippen molar-refractivity contribution >= 4 is 11.6 Å². The molecule has 0 saturated carbocycles. The minimum atomic E-state index is -0.277. The Bertz CT molecular complexity index is 1200. The third kappa shape index (κ3) is 4.51. The van der Waals surface area contributed by atoms with Crippen LogP contribution in [0, 0.1) is 11.3 Å². The van der Waals surface area contributed by atoms with Crippen LogP contribution in [-0.4, -0.2) is 16.1 Å². The Labute approximate surface area is 172 Å². The smallest absolute Gasteiger partial charge is 0.255 e. The molecule has 0 aliphatic rings. The summed E-state index contributed by atoms with van der Waals surface area (Å²) in [5.41, 5.74) is 2.37. The third-order valence-electron chi connectivity index (χ3n) is 4.22. The highest BCUT2D eigenvalue weighted by Gasteiger charge is 2.10. The second-order valence-electron chi connectivity index (χ2n) is 6.33. The molecule has 0 unspecified atom stereocenters. The summed E-state index contributed by atoms with van der Waals surface area (Å²) in [5.74, 6) is 1.05. The first-order chi connectivity index (χ1) is 14.7. The van der Waals surface area contributed by atoms with Crippen LogP contribution in [0.2, 0.25) is 0 Å². The monoisotopic (exact) mass is 396 g/mol. The maximum atomic E-state index is 12.4. The van der Waals surface area contributed by atoms with Crippen LogP contribution in [-0.2, 0) is 6.61 Å². The predicted molar refractivity (Wildman–Crippen MR) is 110 cm³/mol. The second-order valence-corrected chi connectivity index (χ2v) is 6.33. The zero-order valence-corrected chi connectivity index (χ0v) is 15.8. The van der Waals surface area contributed by atoms with Gasteiger partial charge in [-0.1, -0.05) is 24.3 Å². The van der Waals surface area contributed by atoms with Crippen LogP contribution in [0.15, 0.2) is 83.3 Å². The van der Waals surface area contributed by atoms with E-state index in [4.69, 9.17) is 14.4 Å². The van der Waals surface area contributed by atoms with Gasteiger partial charge in [0.05, 0.1) is 11.6 Å². The van der Waals surface area contributed by atoms with Gasteiger partial charge in [-0.05, 0) is 48.5 Å². The standard InChI is InChI=1S/C23H16N4O3/c24-14-16-9-11-17(12-10-16)22(28)25-19-7-4-8-20(13-19)29-15-21-26-27-23(30-21)18-5-2-1-3-6-18/h1-13H,15H2,(H,25,28). The molecule has 0 saturated heterocycles. The van der Waals surface area contributed by atoms with E-state index < -0.39 is 0 Å². The van der Waals surface area contributed by atoms with Crippen molar-refractivity contribution in [3.05, 3.63) is 95.9 Å². The molecule has 0 aliphatic carbocycles. The minimum Gasteiger partial charge on any atom is -0.484 e. The molecule has 0 atom stereocenters. The largest absolute Gasteiger partial charge is 0.484 e. The van der Waals surface area contributed by atoms with Gasteiger partial charge in [0, 0.05) is 22.9 Å². The number of rotatable bonds is 6. The Morgan fingerprint density at radius 2 is 1.80 bits per heavy atom. The number of hydrogen-bond acceptors (Lipinski definition) is 6. The molecule has 4 aromatic rings. The minimum absolute atomic E-state index is 0.104. The molecular formula is C23H16N4O3. The fraction of sp³-hybridized carbons (Fsp3) is 0.0435. The second kappa shape index (κ2) is 8.71. The van der Waals surface area contributed by atoms with E-state index in [-0.39, 0.29) is 12.5 Å². The molecule has 1 N–H and O–H groups in total. The van der Waals surface area contributed by atoms with Crippen LogP contribution in [0.5, 0.6) is 5.75 Å². The van der Waals surface area contributed by atoms with Crippen molar-refractivity contribution in [2.24, 2.45) is 0 Å². The van der Waals surface area contributed by atoms with E-state index in [1.165, 1.54) is 0 Å². The predicted octanol–water partition coefficient (Wildman–Crippen LogP) is 4.44. The molecule has 1 amide bonds. The average molecular weight is 396 g/mol. The lowest BCUT2D eigenvalue weighted by molar-refractivity contribution is 0.102. The molecule has 0 aliphatic heterocycles. The van der Waals surface area contributed by atoms with Gasteiger partial charge in [0.2, 0.25) is 5.89 Å². The van der Waals surface area contributed by atoms with Gasteiger partial charge in [-0.25, -0.2) is 0 Å². The molecule has 0 bridgehead atoms. The number of carbonyl (C=O) groups is 1. The Morgan fingerprint density at radius 3 is 2.57 bits per heavy atom.